The maximum atomic E-state index is 9.41. The van der Waals surface area contributed by atoms with Crippen molar-refractivity contribution in [3.63, 3.8) is 0 Å². The average molecular weight is 334 g/mol. The zero-order valence-electron chi connectivity index (χ0n) is 11.3. The molecule has 1 aromatic carbocycles. The maximum Gasteiger partial charge on any atom is 0.101 e. The second kappa shape index (κ2) is 6.69. The predicted molar refractivity (Wildman–Crippen MR) is 80.3 cm³/mol. The summed E-state index contributed by atoms with van der Waals surface area (Å²) >= 11 is 3.46. The summed E-state index contributed by atoms with van der Waals surface area (Å²) < 4.78 is 2.79. The van der Waals surface area contributed by atoms with Crippen LogP contribution in [0.5, 0.6) is 0 Å². The summed E-state index contributed by atoms with van der Waals surface area (Å²) in [6.07, 6.45) is 6.80. The summed E-state index contributed by atoms with van der Waals surface area (Å²) in [5.74, 6) is 0. The van der Waals surface area contributed by atoms with Crippen LogP contribution in [0.1, 0.15) is 35.6 Å². The highest BCUT2D eigenvalue weighted by molar-refractivity contribution is 9.10. The van der Waals surface area contributed by atoms with Crippen molar-refractivity contribution in [3.05, 3.63) is 52.0 Å². The van der Waals surface area contributed by atoms with E-state index in [0.717, 1.165) is 22.0 Å². The molecule has 1 unspecified atom stereocenters. The monoisotopic (exact) mass is 333 g/mol. The third-order valence-corrected chi connectivity index (χ3v) is 3.88. The van der Waals surface area contributed by atoms with Crippen LogP contribution in [0.4, 0.5) is 0 Å². The van der Waals surface area contributed by atoms with Crippen LogP contribution < -0.4 is 0 Å². The van der Waals surface area contributed by atoms with Crippen LogP contribution in [-0.2, 0) is 0 Å². The lowest BCUT2D eigenvalue weighted by molar-refractivity contribution is 0.276. The molecule has 0 aliphatic heterocycles. The molecule has 5 heteroatoms. The van der Waals surface area contributed by atoms with Crippen molar-refractivity contribution in [2.45, 2.75) is 25.8 Å². The number of hydrogen-bond acceptors (Lipinski definition) is 3. The van der Waals surface area contributed by atoms with Crippen LogP contribution in [-0.4, -0.2) is 21.3 Å². The van der Waals surface area contributed by atoms with Gasteiger partial charge in [-0.2, -0.15) is 5.26 Å². The van der Waals surface area contributed by atoms with Crippen LogP contribution >= 0.6 is 15.9 Å². The minimum absolute atomic E-state index is 0.00972. The molecule has 0 spiro atoms. The number of aryl methyl sites for hydroxylation is 1. The number of nitrogens with zero attached hydrogens (tertiary/aromatic N) is 3. The van der Waals surface area contributed by atoms with Gasteiger partial charge >= 0.3 is 0 Å². The SMILES string of the molecule is Cc1cc(Br)c(C#N)c(C(CCCO)n2ccnc2)c1. The van der Waals surface area contributed by atoms with Gasteiger partial charge in [0.25, 0.3) is 0 Å². The molecule has 2 rings (SSSR count). The number of aliphatic hydroxyl groups is 1. The molecule has 1 atom stereocenters. The van der Waals surface area contributed by atoms with Gasteiger partial charge in [0, 0.05) is 23.5 Å². The van der Waals surface area contributed by atoms with Gasteiger partial charge in [0.1, 0.15) is 6.07 Å². The molecular weight excluding hydrogens is 318 g/mol. The number of aromatic nitrogens is 2. The first kappa shape index (κ1) is 14.8. The second-order valence-electron chi connectivity index (χ2n) is 4.71. The summed E-state index contributed by atoms with van der Waals surface area (Å²) in [7, 11) is 0. The Labute approximate surface area is 126 Å². The second-order valence-corrected chi connectivity index (χ2v) is 5.57. The van der Waals surface area contributed by atoms with Crippen molar-refractivity contribution >= 4 is 15.9 Å². The first-order valence-electron chi connectivity index (χ1n) is 6.45. The highest BCUT2D eigenvalue weighted by atomic mass is 79.9. The van der Waals surface area contributed by atoms with E-state index in [0.29, 0.717) is 12.0 Å². The molecule has 0 saturated carbocycles. The van der Waals surface area contributed by atoms with Gasteiger partial charge in [-0.1, -0.05) is 6.07 Å². The van der Waals surface area contributed by atoms with Gasteiger partial charge < -0.3 is 9.67 Å². The van der Waals surface area contributed by atoms with E-state index in [4.69, 9.17) is 5.11 Å². The molecular formula is C15H16BrN3O. The molecule has 0 fully saturated rings. The van der Waals surface area contributed by atoms with E-state index in [9.17, 15) is 5.26 Å². The van der Waals surface area contributed by atoms with Crippen LogP contribution in [0.25, 0.3) is 0 Å². The fourth-order valence-corrected chi connectivity index (χ4v) is 3.03. The first-order valence-corrected chi connectivity index (χ1v) is 7.25. The Morgan fingerprint density at radius 3 is 2.90 bits per heavy atom. The van der Waals surface area contributed by atoms with Crippen molar-refractivity contribution < 1.29 is 5.11 Å². The van der Waals surface area contributed by atoms with Crippen LogP contribution in [0.2, 0.25) is 0 Å². The molecule has 0 saturated heterocycles. The Morgan fingerprint density at radius 1 is 1.50 bits per heavy atom. The van der Waals surface area contributed by atoms with E-state index < -0.39 is 0 Å². The molecule has 1 aromatic heterocycles. The number of rotatable bonds is 5. The molecule has 0 bridgehead atoms. The molecule has 0 radical (unpaired) electrons. The lowest BCUT2D eigenvalue weighted by atomic mass is 9.95. The van der Waals surface area contributed by atoms with Gasteiger partial charge in [-0.15, -0.1) is 0 Å². The van der Waals surface area contributed by atoms with E-state index in [-0.39, 0.29) is 12.6 Å². The topological polar surface area (TPSA) is 61.8 Å². The Balaban J connectivity index is 2.51. The fourth-order valence-electron chi connectivity index (χ4n) is 2.35. The van der Waals surface area contributed by atoms with Crippen molar-refractivity contribution in [1.29, 1.82) is 5.26 Å². The molecule has 20 heavy (non-hydrogen) atoms. The molecule has 0 aliphatic carbocycles. The zero-order valence-corrected chi connectivity index (χ0v) is 12.8. The number of nitriles is 1. The summed E-state index contributed by atoms with van der Waals surface area (Å²) in [6.45, 7) is 2.15. The normalized spacial score (nSPS) is 12.1. The molecule has 0 amide bonds. The minimum Gasteiger partial charge on any atom is -0.396 e. The Kier molecular flexibility index (Phi) is 4.94. The zero-order chi connectivity index (χ0) is 14.5. The van der Waals surface area contributed by atoms with Crippen molar-refractivity contribution in [1.82, 2.24) is 9.55 Å². The molecule has 0 aliphatic rings. The number of imidazole rings is 1. The average Bonchev–Trinajstić information content (AvgIpc) is 2.92. The predicted octanol–water partition coefficient (Wildman–Crippen LogP) is 3.19. The smallest absolute Gasteiger partial charge is 0.101 e. The lowest BCUT2D eigenvalue weighted by Gasteiger charge is -2.21. The summed E-state index contributed by atoms with van der Waals surface area (Å²) in [5.41, 5.74) is 2.71. The fraction of sp³-hybridized carbons (Fsp3) is 0.333. The van der Waals surface area contributed by atoms with Crippen molar-refractivity contribution in [2.75, 3.05) is 6.61 Å². The van der Waals surface area contributed by atoms with Gasteiger partial charge in [-0.05, 0) is 52.9 Å². The Morgan fingerprint density at radius 2 is 2.30 bits per heavy atom. The quantitative estimate of drug-likeness (QED) is 0.913. The van der Waals surface area contributed by atoms with E-state index in [1.807, 2.05) is 29.8 Å². The lowest BCUT2D eigenvalue weighted by Crippen LogP contribution is -2.12. The standard InChI is InChI=1S/C15H16BrN3O/c1-11-7-12(13(9-17)14(16)8-11)15(3-2-6-20)19-5-4-18-10-19/h4-5,7-8,10,15,20H,2-3,6H2,1H3. The van der Waals surface area contributed by atoms with Gasteiger partial charge in [0.2, 0.25) is 0 Å². The number of aliphatic hydroxyl groups excluding tert-OH is 1. The van der Waals surface area contributed by atoms with E-state index >= 15 is 0 Å². The minimum atomic E-state index is 0.00972. The Hall–Kier alpha value is -1.64. The molecule has 1 heterocycles. The number of halogens is 1. The molecule has 4 nitrogen and oxygen atoms in total. The summed E-state index contributed by atoms with van der Waals surface area (Å²) in [4.78, 5) is 4.08. The number of hydrogen-bond donors (Lipinski definition) is 1. The molecule has 104 valence electrons. The van der Waals surface area contributed by atoms with Crippen LogP contribution in [0, 0.1) is 18.3 Å². The first-order chi connectivity index (χ1) is 9.67. The largest absolute Gasteiger partial charge is 0.396 e. The summed E-state index contributed by atoms with van der Waals surface area (Å²) in [6, 6.07) is 6.25. The summed E-state index contributed by atoms with van der Waals surface area (Å²) in [5, 5.41) is 18.5. The van der Waals surface area contributed by atoms with Crippen molar-refractivity contribution in [2.24, 2.45) is 0 Å². The maximum absolute atomic E-state index is 9.41. The van der Waals surface area contributed by atoms with Gasteiger partial charge in [0.05, 0.1) is 17.9 Å². The highest BCUT2D eigenvalue weighted by Gasteiger charge is 2.19. The third-order valence-electron chi connectivity index (χ3n) is 3.26. The van der Waals surface area contributed by atoms with Crippen molar-refractivity contribution in [3.8, 4) is 6.07 Å². The van der Waals surface area contributed by atoms with E-state index in [1.54, 1.807) is 12.5 Å². The van der Waals surface area contributed by atoms with Gasteiger partial charge in [-0.25, -0.2) is 4.98 Å². The number of benzene rings is 1. The van der Waals surface area contributed by atoms with Gasteiger partial charge in [-0.3, -0.25) is 0 Å². The molecule has 2 aromatic rings. The van der Waals surface area contributed by atoms with E-state index in [1.165, 1.54) is 0 Å². The van der Waals surface area contributed by atoms with Crippen LogP contribution in [0.15, 0.2) is 35.3 Å². The molecule has 1 N–H and O–H groups in total. The van der Waals surface area contributed by atoms with Gasteiger partial charge in [0.15, 0.2) is 0 Å². The Bertz CT molecular complexity index is 617. The van der Waals surface area contributed by atoms with Crippen LogP contribution in [0.3, 0.4) is 0 Å². The highest BCUT2D eigenvalue weighted by Crippen LogP contribution is 2.31. The third kappa shape index (κ3) is 3.09. The van der Waals surface area contributed by atoms with E-state index in [2.05, 4.69) is 27.0 Å².